The molecule has 2 N–H and O–H groups in total. The van der Waals surface area contributed by atoms with E-state index in [9.17, 15) is 4.79 Å². The highest BCUT2D eigenvalue weighted by atomic mass is 35.5. The lowest BCUT2D eigenvalue weighted by molar-refractivity contribution is 0.262. The number of carbonyl (C=O) groups excluding carboxylic acids is 1. The SMILES string of the molecule is COc1cccc(-n2nc(-c3ccccc3)cc2NC(=O)Nc2ccc(Cl)cc2)c1. The quantitative estimate of drug-likeness (QED) is 0.427. The van der Waals surface area contributed by atoms with Gasteiger partial charge in [0.2, 0.25) is 0 Å². The Morgan fingerprint density at radius 3 is 2.43 bits per heavy atom. The van der Waals surface area contributed by atoms with Crippen molar-refractivity contribution in [3.63, 3.8) is 0 Å². The summed E-state index contributed by atoms with van der Waals surface area (Å²) in [5.41, 5.74) is 3.08. The first-order valence-electron chi connectivity index (χ1n) is 9.26. The number of nitrogens with one attached hydrogen (secondary N) is 2. The monoisotopic (exact) mass is 418 g/mol. The van der Waals surface area contributed by atoms with E-state index in [-0.39, 0.29) is 6.03 Å². The number of benzene rings is 3. The molecule has 3 aromatic carbocycles. The summed E-state index contributed by atoms with van der Waals surface area (Å²) >= 11 is 5.90. The second-order valence-electron chi connectivity index (χ2n) is 6.48. The molecule has 30 heavy (non-hydrogen) atoms. The van der Waals surface area contributed by atoms with E-state index in [1.54, 1.807) is 36.1 Å². The zero-order chi connectivity index (χ0) is 20.9. The molecule has 0 unspecified atom stereocenters. The average Bonchev–Trinajstić information content (AvgIpc) is 3.19. The molecule has 2 amide bonds. The largest absolute Gasteiger partial charge is 0.497 e. The third-order valence-electron chi connectivity index (χ3n) is 4.42. The van der Waals surface area contributed by atoms with E-state index in [1.165, 1.54) is 0 Å². The van der Waals surface area contributed by atoms with Gasteiger partial charge in [-0.1, -0.05) is 48.0 Å². The van der Waals surface area contributed by atoms with Gasteiger partial charge in [-0.25, -0.2) is 9.48 Å². The zero-order valence-corrected chi connectivity index (χ0v) is 16.9. The second-order valence-corrected chi connectivity index (χ2v) is 6.92. The summed E-state index contributed by atoms with van der Waals surface area (Å²) < 4.78 is 7.00. The Kier molecular flexibility index (Phi) is 5.68. The smallest absolute Gasteiger partial charge is 0.324 e. The number of anilines is 2. The van der Waals surface area contributed by atoms with Gasteiger partial charge >= 0.3 is 6.03 Å². The van der Waals surface area contributed by atoms with Gasteiger partial charge in [-0.3, -0.25) is 5.32 Å². The van der Waals surface area contributed by atoms with Crippen molar-refractivity contribution >= 4 is 29.1 Å². The van der Waals surface area contributed by atoms with Crippen molar-refractivity contribution in [2.75, 3.05) is 17.7 Å². The summed E-state index contributed by atoms with van der Waals surface area (Å²) in [5, 5.41) is 11.0. The molecule has 4 aromatic rings. The number of ether oxygens (including phenoxy) is 1. The summed E-state index contributed by atoms with van der Waals surface area (Å²) in [6.07, 6.45) is 0. The highest BCUT2D eigenvalue weighted by Gasteiger charge is 2.14. The molecule has 4 rings (SSSR count). The van der Waals surface area contributed by atoms with Crippen LogP contribution in [0.25, 0.3) is 16.9 Å². The van der Waals surface area contributed by atoms with Crippen molar-refractivity contribution in [1.29, 1.82) is 0 Å². The Labute approximate surface area is 179 Å². The zero-order valence-electron chi connectivity index (χ0n) is 16.2. The molecule has 0 saturated carbocycles. The summed E-state index contributed by atoms with van der Waals surface area (Å²) in [5.74, 6) is 1.22. The molecule has 6 nitrogen and oxygen atoms in total. The number of methoxy groups -OCH3 is 1. The van der Waals surface area contributed by atoms with Crippen molar-refractivity contribution in [2.24, 2.45) is 0 Å². The van der Waals surface area contributed by atoms with E-state index in [0.717, 1.165) is 16.9 Å². The molecule has 150 valence electrons. The number of carbonyl (C=O) groups is 1. The lowest BCUT2D eigenvalue weighted by atomic mass is 10.2. The van der Waals surface area contributed by atoms with Gasteiger partial charge < -0.3 is 10.1 Å². The van der Waals surface area contributed by atoms with Gasteiger partial charge in [0.25, 0.3) is 0 Å². The van der Waals surface area contributed by atoms with Gasteiger partial charge in [0.15, 0.2) is 0 Å². The predicted octanol–water partition coefficient (Wildman–Crippen LogP) is 5.85. The molecule has 1 aromatic heterocycles. The lowest BCUT2D eigenvalue weighted by Gasteiger charge is -2.11. The number of aromatic nitrogens is 2. The number of rotatable bonds is 5. The molecule has 0 spiro atoms. The highest BCUT2D eigenvalue weighted by Crippen LogP contribution is 2.26. The fourth-order valence-corrected chi connectivity index (χ4v) is 3.10. The molecule has 0 aliphatic rings. The molecule has 0 bridgehead atoms. The van der Waals surface area contributed by atoms with Crippen LogP contribution in [0.1, 0.15) is 0 Å². The molecular weight excluding hydrogens is 400 g/mol. The van der Waals surface area contributed by atoms with Crippen LogP contribution in [0.2, 0.25) is 5.02 Å². The molecule has 0 aliphatic heterocycles. The third-order valence-corrected chi connectivity index (χ3v) is 4.67. The average molecular weight is 419 g/mol. The first-order chi connectivity index (χ1) is 14.6. The number of halogens is 1. The second kappa shape index (κ2) is 8.71. The van der Waals surface area contributed by atoms with Gasteiger partial charge in [-0.2, -0.15) is 5.10 Å². The Morgan fingerprint density at radius 1 is 0.933 bits per heavy atom. The van der Waals surface area contributed by atoms with Crippen molar-refractivity contribution < 1.29 is 9.53 Å². The fraction of sp³-hybridized carbons (Fsp3) is 0.0435. The Morgan fingerprint density at radius 2 is 1.70 bits per heavy atom. The van der Waals surface area contributed by atoms with Gasteiger partial charge in [-0.05, 0) is 36.4 Å². The third kappa shape index (κ3) is 4.45. The van der Waals surface area contributed by atoms with E-state index in [2.05, 4.69) is 10.6 Å². The van der Waals surface area contributed by atoms with Crippen molar-refractivity contribution in [3.8, 4) is 22.7 Å². The maximum atomic E-state index is 12.6. The molecular formula is C23H19ClN4O2. The van der Waals surface area contributed by atoms with Crippen LogP contribution in [0, 0.1) is 0 Å². The van der Waals surface area contributed by atoms with Gasteiger partial charge in [0, 0.05) is 28.4 Å². The predicted molar refractivity (Wildman–Crippen MR) is 120 cm³/mol. The van der Waals surface area contributed by atoms with Crippen LogP contribution in [0.5, 0.6) is 5.75 Å². The lowest BCUT2D eigenvalue weighted by Crippen LogP contribution is -2.21. The maximum absolute atomic E-state index is 12.6. The summed E-state index contributed by atoms with van der Waals surface area (Å²) in [4.78, 5) is 12.6. The molecule has 7 heteroatoms. The molecule has 0 radical (unpaired) electrons. The van der Waals surface area contributed by atoms with E-state index in [4.69, 9.17) is 21.4 Å². The van der Waals surface area contributed by atoms with Crippen LogP contribution in [0.4, 0.5) is 16.3 Å². The van der Waals surface area contributed by atoms with Crippen LogP contribution in [0.15, 0.2) is 84.9 Å². The molecule has 0 saturated heterocycles. The summed E-state index contributed by atoms with van der Waals surface area (Å²) in [6.45, 7) is 0. The molecule has 0 fully saturated rings. The fourth-order valence-electron chi connectivity index (χ4n) is 2.97. The molecule has 0 aliphatic carbocycles. The van der Waals surface area contributed by atoms with Crippen LogP contribution in [-0.2, 0) is 0 Å². The van der Waals surface area contributed by atoms with Crippen molar-refractivity contribution in [2.45, 2.75) is 0 Å². The standard InChI is InChI=1S/C23H19ClN4O2/c1-30-20-9-5-8-19(14-20)28-22(15-21(27-28)16-6-3-2-4-7-16)26-23(29)25-18-12-10-17(24)11-13-18/h2-15H,1H3,(H2,25,26,29). The number of hydrogen-bond donors (Lipinski definition) is 2. The molecule has 1 heterocycles. The van der Waals surface area contributed by atoms with E-state index in [1.807, 2.05) is 60.7 Å². The minimum absolute atomic E-state index is 0.388. The van der Waals surface area contributed by atoms with Crippen molar-refractivity contribution in [3.05, 3.63) is 90.0 Å². The van der Waals surface area contributed by atoms with Crippen LogP contribution < -0.4 is 15.4 Å². The number of amides is 2. The molecule has 0 atom stereocenters. The van der Waals surface area contributed by atoms with E-state index < -0.39 is 0 Å². The van der Waals surface area contributed by atoms with Gasteiger partial charge in [0.1, 0.15) is 11.6 Å². The maximum Gasteiger partial charge on any atom is 0.324 e. The Hall–Kier alpha value is -3.77. The number of hydrogen-bond acceptors (Lipinski definition) is 3. The first kappa shape index (κ1) is 19.5. The van der Waals surface area contributed by atoms with Gasteiger partial charge in [0.05, 0.1) is 18.5 Å². The van der Waals surface area contributed by atoms with E-state index in [0.29, 0.717) is 22.3 Å². The van der Waals surface area contributed by atoms with Gasteiger partial charge in [-0.15, -0.1) is 0 Å². The summed E-state index contributed by atoms with van der Waals surface area (Å²) in [6, 6.07) is 25.6. The number of urea groups is 1. The first-order valence-corrected chi connectivity index (χ1v) is 9.64. The normalized spacial score (nSPS) is 10.5. The van der Waals surface area contributed by atoms with E-state index >= 15 is 0 Å². The topological polar surface area (TPSA) is 68.2 Å². The minimum Gasteiger partial charge on any atom is -0.497 e. The number of nitrogens with zero attached hydrogens (tertiary/aromatic N) is 2. The highest BCUT2D eigenvalue weighted by molar-refractivity contribution is 6.30. The van der Waals surface area contributed by atoms with Crippen molar-refractivity contribution in [1.82, 2.24) is 9.78 Å². The summed E-state index contributed by atoms with van der Waals surface area (Å²) in [7, 11) is 1.61. The van der Waals surface area contributed by atoms with Crippen LogP contribution >= 0.6 is 11.6 Å². The minimum atomic E-state index is -0.388. The van der Waals surface area contributed by atoms with Crippen LogP contribution in [-0.4, -0.2) is 22.9 Å². The van der Waals surface area contributed by atoms with Crippen LogP contribution in [0.3, 0.4) is 0 Å². The Balaban J connectivity index is 1.67. The Bertz CT molecular complexity index is 1160.